The number of piperazine rings is 1. The molecule has 1 aromatic carbocycles. The highest BCUT2D eigenvalue weighted by Gasteiger charge is 2.19. The Morgan fingerprint density at radius 3 is 2.76 bits per heavy atom. The summed E-state index contributed by atoms with van der Waals surface area (Å²) in [5.41, 5.74) is 2.25. The Kier molecular flexibility index (Phi) is 6.17. The van der Waals surface area contributed by atoms with E-state index in [0.29, 0.717) is 25.7 Å². The molecule has 0 saturated carbocycles. The predicted octanol–water partition coefficient (Wildman–Crippen LogP) is 0.743. The van der Waals surface area contributed by atoms with Crippen molar-refractivity contribution in [3.05, 3.63) is 35.4 Å². The Bertz CT molecular complexity index is 447. The number of benzene rings is 1. The van der Waals surface area contributed by atoms with E-state index in [1.165, 1.54) is 0 Å². The number of carbonyl (C=O) groups is 1. The van der Waals surface area contributed by atoms with E-state index in [4.69, 9.17) is 4.74 Å². The Labute approximate surface area is 126 Å². The fourth-order valence-corrected chi connectivity index (χ4v) is 2.48. The third-order valence-corrected chi connectivity index (χ3v) is 3.81. The minimum atomic E-state index is 0.0877. The lowest BCUT2D eigenvalue weighted by Crippen LogP contribution is -2.52. The molecule has 1 aliphatic heterocycles. The van der Waals surface area contributed by atoms with Crippen molar-refractivity contribution >= 4 is 5.91 Å². The average molecular weight is 291 g/mol. The molecule has 2 rings (SSSR count). The van der Waals surface area contributed by atoms with Crippen molar-refractivity contribution in [2.45, 2.75) is 26.1 Å². The van der Waals surface area contributed by atoms with E-state index in [9.17, 15) is 4.79 Å². The Morgan fingerprint density at radius 2 is 2.10 bits per heavy atom. The zero-order valence-electron chi connectivity index (χ0n) is 12.9. The van der Waals surface area contributed by atoms with Gasteiger partial charge in [-0.1, -0.05) is 24.3 Å². The van der Waals surface area contributed by atoms with Crippen molar-refractivity contribution < 1.29 is 9.53 Å². The van der Waals surface area contributed by atoms with Crippen LogP contribution in [0.3, 0.4) is 0 Å². The van der Waals surface area contributed by atoms with Gasteiger partial charge in [-0.05, 0) is 18.1 Å². The smallest absolute Gasteiger partial charge is 0.234 e. The summed E-state index contributed by atoms with van der Waals surface area (Å²) in [6.07, 6.45) is 0. The molecular weight excluding hydrogens is 266 g/mol. The van der Waals surface area contributed by atoms with Crippen molar-refractivity contribution in [2.75, 3.05) is 33.3 Å². The van der Waals surface area contributed by atoms with Gasteiger partial charge < -0.3 is 15.4 Å². The number of ether oxygens (including phenoxy) is 1. The molecule has 116 valence electrons. The third kappa shape index (κ3) is 5.12. The summed E-state index contributed by atoms with van der Waals surface area (Å²) in [6, 6.07) is 8.54. The number of hydrogen-bond acceptors (Lipinski definition) is 4. The molecule has 1 fully saturated rings. The summed E-state index contributed by atoms with van der Waals surface area (Å²) in [4.78, 5) is 14.2. The van der Waals surface area contributed by atoms with Gasteiger partial charge in [-0.25, -0.2) is 0 Å². The van der Waals surface area contributed by atoms with Gasteiger partial charge in [0.1, 0.15) is 0 Å². The van der Waals surface area contributed by atoms with Crippen LogP contribution in [0.1, 0.15) is 18.1 Å². The van der Waals surface area contributed by atoms with Crippen LogP contribution in [0.4, 0.5) is 0 Å². The number of rotatable bonds is 6. The summed E-state index contributed by atoms with van der Waals surface area (Å²) in [5, 5.41) is 6.31. The van der Waals surface area contributed by atoms with Crippen LogP contribution in [0.25, 0.3) is 0 Å². The van der Waals surface area contributed by atoms with Crippen molar-refractivity contribution in [3.63, 3.8) is 0 Å². The van der Waals surface area contributed by atoms with E-state index in [1.54, 1.807) is 7.11 Å². The second-order valence-electron chi connectivity index (χ2n) is 5.55. The summed E-state index contributed by atoms with van der Waals surface area (Å²) >= 11 is 0. The molecule has 1 saturated heterocycles. The number of amides is 1. The molecule has 1 aromatic rings. The van der Waals surface area contributed by atoms with Crippen LogP contribution < -0.4 is 10.6 Å². The molecule has 1 amide bonds. The molecule has 0 spiro atoms. The van der Waals surface area contributed by atoms with E-state index >= 15 is 0 Å². The number of carbonyl (C=O) groups excluding carboxylic acids is 1. The van der Waals surface area contributed by atoms with Crippen LogP contribution >= 0.6 is 0 Å². The van der Waals surface area contributed by atoms with Crippen LogP contribution in [0.15, 0.2) is 24.3 Å². The van der Waals surface area contributed by atoms with Crippen LogP contribution in [0.2, 0.25) is 0 Å². The van der Waals surface area contributed by atoms with Crippen molar-refractivity contribution in [1.82, 2.24) is 15.5 Å². The van der Waals surface area contributed by atoms with Crippen LogP contribution in [-0.4, -0.2) is 50.1 Å². The highest BCUT2D eigenvalue weighted by molar-refractivity contribution is 5.78. The molecule has 21 heavy (non-hydrogen) atoms. The first kappa shape index (κ1) is 15.9. The summed E-state index contributed by atoms with van der Waals surface area (Å²) in [7, 11) is 1.69. The van der Waals surface area contributed by atoms with E-state index < -0.39 is 0 Å². The molecule has 2 N–H and O–H groups in total. The quantitative estimate of drug-likeness (QED) is 0.812. The van der Waals surface area contributed by atoms with Crippen LogP contribution in [0, 0.1) is 0 Å². The molecule has 0 aromatic heterocycles. The molecule has 1 atom stereocenters. The van der Waals surface area contributed by atoms with Gasteiger partial charge in [0.2, 0.25) is 5.91 Å². The van der Waals surface area contributed by atoms with E-state index in [0.717, 1.165) is 30.8 Å². The molecule has 0 bridgehead atoms. The highest BCUT2D eigenvalue weighted by atomic mass is 16.5. The van der Waals surface area contributed by atoms with Crippen molar-refractivity contribution in [2.24, 2.45) is 0 Å². The molecule has 1 aliphatic rings. The first-order chi connectivity index (χ1) is 10.2. The summed E-state index contributed by atoms with van der Waals surface area (Å²) in [6.45, 7) is 6.66. The molecule has 0 unspecified atom stereocenters. The fraction of sp³-hybridized carbons (Fsp3) is 0.562. The van der Waals surface area contributed by atoms with Gasteiger partial charge in [-0.2, -0.15) is 0 Å². The maximum Gasteiger partial charge on any atom is 0.234 e. The van der Waals surface area contributed by atoms with Gasteiger partial charge in [-0.15, -0.1) is 0 Å². The number of methoxy groups -OCH3 is 1. The van der Waals surface area contributed by atoms with Crippen LogP contribution in [-0.2, 0) is 22.7 Å². The maximum absolute atomic E-state index is 12.0. The number of hydrogen-bond donors (Lipinski definition) is 2. The second kappa shape index (κ2) is 8.12. The van der Waals surface area contributed by atoms with Gasteiger partial charge >= 0.3 is 0 Å². The first-order valence-corrected chi connectivity index (χ1v) is 7.47. The average Bonchev–Trinajstić information content (AvgIpc) is 2.49. The third-order valence-electron chi connectivity index (χ3n) is 3.81. The largest absolute Gasteiger partial charge is 0.380 e. The zero-order chi connectivity index (χ0) is 15.1. The molecule has 1 heterocycles. The van der Waals surface area contributed by atoms with Crippen LogP contribution in [0.5, 0.6) is 0 Å². The van der Waals surface area contributed by atoms with Crippen molar-refractivity contribution in [1.29, 1.82) is 0 Å². The minimum Gasteiger partial charge on any atom is -0.380 e. The Morgan fingerprint density at radius 1 is 1.38 bits per heavy atom. The van der Waals surface area contributed by atoms with E-state index in [-0.39, 0.29) is 5.91 Å². The predicted molar refractivity (Wildman–Crippen MR) is 82.9 cm³/mol. The number of nitrogens with zero attached hydrogens (tertiary/aromatic N) is 1. The maximum atomic E-state index is 12.0. The lowest BCUT2D eigenvalue weighted by molar-refractivity contribution is -0.123. The van der Waals surface area contributed by atoms with Gasteiger partial charge in [0.05, 0.1) is 13.2 Å². The molecule has 5 heteroatoms. The standard InChI is InChI=1S/C16H25N3O2/c1-13-9-17-7-8-19(13)11-16(20)18-10-14-3-5-15(6-4-14)12-21-2/h3-6,13,17H,7-12H2,1-2H3,(H,18,20)/t13-/m0/s1. The molecule has 0 aliphatic carbocycles. The SMILES string of the molecule is COCc1ccc(CNC(=O)CN2CCNC[C@@H]2C)cc1. The fourth-order valence-electron chi connectivity index (χ4n) is 2.48. The summed E-state index contributed by atoms with van der Waals surface area (Å²) in [5.74, 6) is 0.0877. The lowest BCUT2D eigenvalue weighted by atomic mass is 10.1. The van der Waals surface area contributed by atoms with E-state index in [1.807, 2.05) is 24.3 Å². The zero-order valence-corrected chi connectivity index (χ0v) is 12.9. The highest BCUT2D eigenvalue weighted by Crippen LogP contribution is 2.06. The Hall–Kier alpha value is -1.43. The normalized spacial score (nSPS) is 19.4. The van der Waals surface area contributed by atoms with Gasteiger partial charge in [0, 0.05) is 39.3 Å². The Balaban J connectivity index is 1.75. The topological polar surface area (TPSA) is 53.6 Å². The monoisotopic (exact) mass is 291 g/mol. The van der Waals surface area contributed by atoms with Gasteiger partial charge in [0.15, 0.2) is 0 Å². The summed E-state index contributed by atoms with van der Waals surface area (Å²) < 4.78 is 5.08. The molecular formula is C16H25N3O2. The second-order valence-corrected chi connectivity index (χ2v) is 5.55. The molecule has 0 radical (unpaired) electrons. The lowest BCUT2D eigenvalue weighted by Gasteiger charge is -2.33. The van der Waals surface area contributed by atoms with Gasteiger partial charge in [-0.3, -0.25) is 9.69 Å². The minimum absolute atomic E-state index is 0.0877. The van der Waals surface area contributed by atoms with Gasteiger partial charge in [0.25, 0.3) is 0 Å². The van der Waals surface area contributed by atoms with Crippen molar-refractivity contribution in [3.8, 4) is 0 Å². The molecule has 5 nitrogen and oxygen atoms in total. The first-order valence-electron chi connectivity index (χ1n) is 7.47. The number of nitrogens with one attached hydrogen (secondary N) is 2. The van der Waals surface area contributed by atoms with E-state index in [2.05, 4.69) is 22.5 Å².